The molecule has 0 spiro atoms. The van der Waals surface area contributed by atoms with Gasteiger partial charge in [0, 0.05) is 24.2 Å². The van der Waals surface area contributed by atoms with E-state index in [4.69, 9.17) is 9.47 Å². The number of aromatic nitrogens is 1. The van der Waals surface area contributed by atoms with Crippen LogP contribution in [0.15, 0.2) is 48.5 Å². The SMILES string of the molecule is c1ccc(Oc2cccc(OC3CC4CCC(C3)N4)n2)cc1. The molecule has 1 N–H and O–H groups in total. The van der Waals surface area contributed by atoms with Gasteiger partial charge in [-0.05, 0) is 37.8 Å². The van der Waals surface area contributed by atoms with Gasteiger partial charge < -0.3 is 14.8 Å². The Labute approximate surface area is 130 Å². The maximum Gasteiger partial charge on any atom is 0.222 e. The molecule has 2 atom stereocenters. The Kier molecular flexibility index (Phi) is 3.69. The maximum absolute atomic E-state index is 6.08. The second-order valence-electron chi connectivity index (χ2n) is 6.08. The molecule has 1 aromatic carbocycles. The number of nitrogens with one attached hydrogen (secondary N) is 1. The summed E-state index contributed by atoms with van der Waals surface area (Å²) in [5, 5.41) is 3.63. The fourth-order valence-corrected chi connectivity index (χ4v) is 3.40. The zero-order chi connectivity index (χ0) is 14.8. The second kappa shape index (κ2) is 5.97. The molecule has 2 aliphatic heterocycles. The Hall–Kier alpha value is -2.07. The number of hydrogen-bond donors (Lipinski definition) is 1. The summed E-state index contributed by atoms with van der Waals surface area (Å²) in [6.45, 7) is 0. The minimum absolute atomic E-state index is 0.262. The van der Waals surface area contributed by atoms with Gasteiger partial charge in [0.1, 0.15) is 11.9 Å². The monoisotopic (exact) mass is 296 g/mol. The predicted octanol–water partition coefficient (Wildman–Crippen LogP) is 3.54. The number of fused-ring (bicyclic) bond motifs is 2. The van der Waals surface area contributed by atoms with E-state index in [-0.39, 0.29) is 6.10 Å². The van der Waals surface area contributed by atoms with E-state index < -0.39 is 0 Å². The van der Waals surface area contributed by atoms with Gasteiger partial charge in [-0.25, -0.2) is 0 Å². The van der Waals surface area contributed by atoms with Crippen molar-refractivity contribution in [1.82, 2.24) is 10.3 Å². The highest BCUT2D eigenvalue weighted by Crippen LogP contribution is 2.30. The van der Waals surface area contributed by atoms with E-state index in [9.17, 15) is 0 Å². The van der Waals surface area contributed by atoms with Gasteiger partial charge >= 0.3 is 0 Å². The summed E-state index contributed by atoms with van der Waals surface area (Å²) in [4.78, 5) is 4.47. The summed E-state index contributed by atoms with van der Waals surface area (Å²) in [6, 6.07) is 16.6. The van der Waals surface area contributed by atoms with Gasteiger partial charge in [-0.15, -0.1) is 0 Å². The van der Waals surface area contributed by atoms with E-state index in [0.717, 1.165) is 18.6 Å². The van der Waals surface area contributed by atoms with Gasteiger partial charge in [0.15, 0.2) is 0 Å². The normalized spacial score (nSPS) is 26.6. The van der Waals surface area contributed by atoms with E-state index in [1.54, 1.807) is 0 Å². The largest absolute Gasteiger partial charge is 0.474 e. The van der Waals surface area contributed by atoms with E-state index >= 15 is 0 Å². The lowest BCUT2D eigenvalue weighted by molar-refractivity contribution is 0.131. The van der Waals surface area contributed by atoms with Crippen molar-refractivity contribution >= 4 is 0 Å². The van der Waals surface area contributed by atoms with E-state index in [1.807, 2.05) is 48.5 Å². The average Bonchev–Trinajstić information content (AvgIpc) is 2.87. The van der Waals surface area contributed by atoms with Gasteiger partial charge in [-0.1, -0.05) is 24.3 Å². The molecule has 2 bridgehead atoms. The van der Waals surface area contributed by atoms with Crippen molar-refractivity contribution in [2.75, 3.05) is 0 Å². The minimum Gasteiger partial charge on any atom is -0.474 e. The Morgan fingerprint density at radius 2 is 1.59 bits per heavy atom. The molecule has 114 valence electrons. The van der Waals surface area contributed by atoms with Gasteiger partial charge in [-0.2, -0.15) is 4.98 Å². The lowest BCUT2D eigenvalue weighted by atomic mass is 10.0. The van der Waals surface area contributed by atoms with Crippen molar-refractivity contribution in [2.24, 2.45) is 0 Å². The third-order valence-electron chi connectivity index (χ3n) is 4.38. The summed E-state index contributed by atoms with van der Waals surface area (Å²) in [6.07, 6.45) is 4.95. The number of rotatable bonds is 4. The zero-order valence-electron chi connectivity index (χ0n) is 12.4. The minimum atomic E-state index is 0.262. The Balaban J connectivity index is 1.43. The topological polar surface area (TPSA) is 43.4 Å². The number of ether oxygens (including phenoxy) is 2. The smallest absolute Gasteiger partial charge is 0.222 e. The Bertz CT molecular complexity index is 620. The molecule has 2 aliphatic rings. The lowest BCUT2D eigenvalue weighted by Gasteiger charge is -2.29. The number of hydrogen-bond acceptors (Lipinski definition) is 4. The van der Waals surface area contributed by atoms with E-state index in [2.05, 4.69) is 10.3 Å². The van der Waals surface area contributed by atoms with Gasteiger partial charge in [0.25, 0.3) is 0 Å². The van der Waals surface area contributed by atoms with Gasteiger partial charge in [0.05, 0.1) is 0 Å². The molecule has 4 heteroatoms. The third-order valence-corrected chi connectivity index (χ3v) is 4.38. The quantitative estimate of drug-likeness (QED) is 0.937. The molecule has 1 aromatic heterocycles. The molecule has 3 heterocycles. The number of benzene rings is 1. The highest BCUT2D eigenvalue weighted by molar-refractivity contribution is 5.28. The molecule has 2 fully saturated rings. The van der Waals surface area contributed by atoms with Crippen molar-refractivity contribution in [1.29, 1.82) is 0 Å². The van der Waals surface area contributed by atoms with Crippen LogP contribution in [0.1, 0.15) is 25.7 Å². The molecule has 0 aliphatic carbocycles. The summed E-state index contributed by atoms with van der Waals surface area (Å²) in [7, 11) is 0. The highest BCUT2D eigenvalue weighted by atomic mass is 16.5. The first-order valence-electron chi connectivity index (χ1n) is 7.98. The number of nitrogens with zero attached hydrogens (tertiary/aromatic N) is 1. The fraction of sp³-hybridized carbons (Fsp3) is 0.389. The summed E-state index contributed by atoms with van der Waals surface area (Å²) >= 11 is 0. The molecule has 4 rings (SSSR count). The third kappa shape index (κ3) is 3.07. The van der Waals surface area contributed by atoms with Crippen molar-refractivity contribution < 1.29 is 9.47 Å². The van der Waals surface area contributed by atoms with Crippen LogP contribution < -0.4 is 14.8 Å². The van der Waals surface area contributed by atoms with Crippen LogP contribution >= 0.6 is 0 Å². The summed E-state index contributed by atoms with van der Waals surface area (Å²) in [5.74, 6) is 2.01. The first-order chi connectivity index (χ1) is 10.8. The molecular formula is C18H20N2O2. The summed E-state index contributed by atoms with van der Waals surface area (Å²) in [5.41, 5.74) is 0. The van der Waals surface area contributed by atoms with E-state index in [0.29, 0.717) is 23.8 Å². The van der Waals surface area contributed by atoms with Crippen molar-refractivity contribution in [2.45, 2.75) is 43.9 Å². The molecule has 2 unspecified atom stereocenters. The highest BCUT2D eigenvalue weighted by Gasteiger charge is 2.34. The molecule has 2 aromatic rings. The Morgan fingerprint density at radius 1 is 0.864 bits per heavy atom. The van der Waals surface area contributed by atoms with Crippen molar-refractivity contribution in [3.63, 3.8) is 0 Å². The van der Waals surface area contributed by atoms with Crippen molar-refractivity contribution in [3.05, 3.63) is 48.5 Å². The number of piperidine rings is 1. The van der Waals surface area contributed by atoms with Crippen LogP contribution in [0.3, 0.4) is 0 Å². The standard InChI is InChI=1S/C18H20N2O2/c1-2-5-15(6-3-1)21-17-7-4-8-18(20-17)22-16-11-13-9-10-14(12-16)19-13/h1-8,13-14,16,19H,9-12H2. The molecule has 2 saturated heterocycles. The Morgan fingerprint density at radius 3 is 2.36 bits per heavy atom. The zero-order valence-corrected chi connectivity index (χ0v) is 12.4. The average molecular weight is 296 g/mol. The first kappa shape index (κ1) is 13.6. The van der Waals surface area contributed by atoms with Gasteiger partial charge in [0.2, 0.25) is 11.8 Å². The molecule has 4 nitrogen and oxygen atoms in total. The second-order valence-corrected chi connectivity index (χ2v) is 6.08. The van der Waals surface area contributed by atoms with Crippen LogP contribution in [0.2, 0.25) is 0 Å². The first-order valence-corrected chi connectivity index (χ1v) is 7.98. The molecule has 0 radical (unpaired) electrons. The van der Waals surface area contributed by atoms with Crippen LogP contribution in [-0.4, -0.2) is 23.2 Å². The van der Waals surface area contributed by atoms with Crippen LogP contribution in [0, 0.1) is 0 Å². The van der Waals surface area contributed by atoms with Crippen LogP contribution in [0.5, 0.6) is 17.5 Å². The van der Waals surface area contributed by atoms with E-state index in [1.165, 1.54) is 12.8 Å². The van der Waals surface area contributed by atoms with Crippen molar-refractivity contribution in [3.8, 4) is 17.5 Å². The summed E-state index contributed by atoms with van der Waals surface area (Å²) < 4.78 is 11.8. The van der Waals surface area contributed by atoms with Gasteiger partial charge in [-0.3, -0.25) is 0 Å². The number of pyridine rings is 1. The molecule has 0 saturated carbocycles. The van der Waals surface area contributed by atoms with Crippen LogP contribution in [0.4, 0.5) is 0 Å². The lowest BCUT2D eigenvalue weighted by Crippen LogP contribution is -2.42. The molecule has 22 heavy (non-hydrogen) atoms. The molecular weight excluding hydrogens is 276 g/mol. The predicted molar refractivity (Wildman–Crippen MR) is 84.3 cm³/mol. The van der Waals surface area contributed by atoms with Crippen LogP contribution in [0.25, 0.3) is 0 Å². The maximum atomic E-state index is 6.08. The molecule has 0 amide bonds. The fourth-order valence-electron chi connectivity index (χ4n) is 3.40. The van der Waals surface area contributed by atoms with Crippen LogP contribution in [-0.2, 0) is 0 Å². The number of para-hydroxylation sites is 1.